The first kappa shape index (κ1) is 13.3. The van der Waals surface area contributed by atoms with Gasteiger partial charge in [-0.15, -0.1) is 0 Å². The zero-order valence-electron chi connectivity index (χ0n) is 9.77. The van der Waals surface area contributed by atoms with Crippen LogP contribution in [0.15, 0.2) is 18.2 Å². The number of nitrogens with one attached hydrogen (secondary N) is 1. The Morgan fingerprint density at radius 1 is 1.53 bits per heavy atom. The van der Waals surface area contributed by atoms with E-state index in [2.05, 4.69) is 5.32 Å². The van der Waals surface area contributed by atoms with Crippen LogP contribution in [-0.2, 0) is 9.53 Å². The Kier molecular flexibility index (Phi) is 4.74. The summed E-state index contributed by atoms with van der Waals surface area (Å²) in [4.78, 5) is 11.7. The van der Waals surface area contributed by atoms with Crippen molar-refractivity contribution in [3.05, 3.63) is 18.2 Å². The van der Waals surface area contributed by atoms with Crippen molar-refractivity contribution in [1.82, 2.24) is 0 Å². The van der Waals surface area contributed by atoms with Crippen LogP contribution in [0, 0.1) is 0 Å². The summed E-state index contributed by atoms with van der Waals surface area (Å²) in [6.07, 6.45) is -0.749. The molecule has 0 saturated carbocycles. The van der Waals surface area contributed by atoms with Gasteiger partial charge in [-0.25, -0.2) is 0 Å². The molecule has 6 heteroatoms. The number of hydrogen-bond acceptors (Lipinski definition) is 5. The molecular formula is C11H16N2O4. The van der Waals surface area contributed by atoms with E-state index in [4.69, 9.17) is 15.2 Å². The van der Waals surface area contributed by atoms with Crippen LogP contribution in [-0.4, -0.2) is 37.9 Å². The quantitative estimate of drug-likeness (QED) is 0.644. The Hall–Kier alpha value is -1.79. The summed E-state index contributed by atoms with van der Waals surface area (Å²) in [6.45, 7) is 0.0626. The van der Waals surface area contributed by atoms with E-state index in [-0.39, 0.29) is 18.0 Å². The van der Waals surface area contributed by atoms with E-state index in [1.54, 1.807) is 6.07 Å². The number of amides is 1. The van der Waals surface area contributed by atoms with Crippen molar-refractivity contribution in [3.63, 3.8) is 0 Å². The number of ether oxygens (including phenoxy) is 2. The molecule has 94 valence electrons. The Morgan fingerprint density at radius 2 is 2.24 bits per heavy atom. The van der Waals surface area contributed by atoms with Crippen LogP contribution in [0.1, 0.15) is 0 Å². The van der Waals surface area contributed by atoms with Crippen molar-refractivity contribution < 1.29 is 19.4 Å². The minimum absolute atomic E-state index is 0.0500. The molecule has 0 aliphatic rings. The summed E-state index contributed by atoms with van der Waals surface area (Å²) in [6, 6.07) is 4.52. The highest BCUT2D eigenvalue weighted by Gasteiger charge is 2.17. The van der Waals surface area contributed by atoms with Crippen molar-refractivity contribution >= 4 is 11.6 Å². The second-order valence-electron chi connectivity index (χ2n) is 3.33. The van der Waals surface area contributed by atoms with Gasteiger partial charge in [0.1, 0.15) is 17.6 Å². The van der Waals surface area contributed by atoms with Gasteiger partial charge in [0.25, 0.3) is 5.91 Å². The van der Waals surface area contributed by atoms with Crippen LogP contribution in [0.25, 0.3) is 0 Å². The number of carbonyl (C=O) groups excluding carboxylic acids is 1. The number of carbonyl (C=O) groups is 1. The normalized spacial score (nSPS) is 11.9. The first-order valence-corrected chi connectivity index (χ1v) is 5.03. The summed E-state index contributed by atoms with van der Waals surface area (Å²) < 4.78 is 9.87. The van der Waals surface area contributed by atoms with E-state index in [0.717, 1.165) is 0 Å². The van der Waals surface area contributed by atoms with E-state index >= 15 is 0 Å². The molecule has 0 fully saturated rings. The van der Waals surface area contributed by atoms with Crippen molar-refractivity contribution in [2.24, 2.45) is 5.73 Å². The number of rotatable bonds is 5. The molecule has 0 heterocycles. The van der Waals surface area contributed by atoms with Gasteiger partial charge in [0.05, 0.1) is 12.8 Å². The second kappa shape index (κ2) is 6.07. The Balaban J connectivity index is 2.83. The first-order valence-electron chi connectivity index (χ1n) is 5.03. The second-order valence-corrected chi connectivity index (χ2v) is 3.33. The minimum Gasteiger partial charge on any atom is -0.506 e. The smallest absolute Gasteiger partial charge is 0.254 e. The van der Waals surface area contributed by atoms with Gasteiger partial charge >= 0.3 is 0 Å². The van der Waals surface area contributed by atoms with Gasteiger partial charge in [-0.2, -0.15) is 0 Å². The lowest BCUT2D eigenvalue weighted by Crippen LogP contribution is -2.35. The van der Waals surface area contributed by atoms with Crippen molar-refractivity contribution in [1.29, 1.82) is 0 Å². The molecule has 1 atom stereocenters. The highest BCUT2D eigenvalue weighted by atomic mass is 16.5. The van der Waals surface area contributed by atoms with Gasteiger partial charge in [-0.3, -0.25) is 4.79 Å². The molecular weight excluding hydrogens is 224 g/mol. The van der Waals surface area contributed by atoms with Crippen LogP contribution < -0.4 is 15.8 Å². The van der Waals surface area contributed by atoms with Gasteiger partial charge in [0.15, 0.2) is 0 Å². The maximum Gasteiger partial charge on any atom is 0.254 e. The number of hydrogen-bond donors (Lipinski definition) is 3. The predicted molar refractivity (Wildman–Crippen MR) is 63.1 cm³/mol. The monoisotopic (exact) mass is 240 g/mol. The predicted octanol–water partition coefficient (Wildman–Crippen LogP) is 0.313. The molecule has 0 spiro atoms. The molecule has 1 aromatic carbocycles. The third-order valence-corrected chi connectivity index (χ3v) is 2.25. The van der Waals surface area contributed by atoms with Gasteiger partial charge in [0, 0.05) is 19.7 Å². The number of benzene rings is 1. The fourth-order valence-corrected chi connectivity index (χ4v) is 1.27. The third-order valence-electron chi connectivity index (χ3n) is 2.25. The fourth-order valence-electron chi connectivity index (χ4n) is 1.27. The largest absolute Gasteiger partial charge is 0.506 e. The average Bonchev–Trinajstić information content (AvgIpc) is 2.33. The zero-order valence-corrected chi connectivity index (χ0v) is 9.77. The lowest BCUT2D eigenvalue weighted by molar-refractivity contribution is -0.125. The van der Waals surface area contributed by atoms with Gasteiger partial charge in [0.2, 0.25) is 0 Å². The lowest BCUT2D eigenvalue weighted by atomic mass is 10.2. The summed E-state index contributed by atoms with van der Waals surface area (Å²) in [5, 5.41) is 12.1. The zero-order chi connectivity index (χ0) is 12.8. The van der Waals surface area contributed by atoms with Crippen LogP contribution in [0.3, 0.4) is 0 Å². The first-order chi connectivity index (χ1) is 8.12. The van der Waals surface area contributed by atoms with Gasteiger partial charge < -0.3 is 25.6 Å². The number of anilines is 1. The lowest BCUT2D eigenvalue weighted by Gasteiger charge is -2.14. The average molecular weight is 240 g/mol. The topological polar surface area (TPSA) is 93.8 Å². The van der Waals surface area contributed by atoms with Gasteiger partial charge in [-0.1, -0.05) is 0 Å². The molecule has 1 rings (SSSR count). The molecule has 0 radical (unpaired) electrons. The molecule has 0 aliphatic heterocycles. The van der Waals surface area contributed by atoms with Gasteiger partial charge in [-0.05, 0) is 12.1 Å². The van der Waals surface area contributed by atoms with Crippen LogP contribution in [0.4, 0.5) is 5.69 Å². The molecule has 0 bridgehead atoms. The summed E-state index contributed by atoms with van der Waals surface area (Å²) in [7, 11) is 2.89. The number of phenols is 1. The summed E-state index contributed by atoms with van der Waals surface area (Å²) in [5.74, 6) is 0.0596. The number of aromatic hydroxyl groups is 1. The number of nitrogens with two attached hydrogens (primary N) is 1. The fraction of sp³-hybridized carbons (Fsp3) is 0.364. The van der Waals surface area contributed by atoms with E-state index in [1.807, 2.05) is 0 Å². The summed E-state index contributed by atoms with van der Waals surface area (Å²) >= 11 is 0. The molecule has 6 nitrogen and oxygen atoms in total. The Bertz CT molecular complexity index is 391. The van der Waals surface area contributed by atoms with E-state index in [0.29, 0.717) is 5.75 Å². The molecule has 1 aromatic rings. The Morgan fingerprint density at radius 3 is 2.76 bits per heavy atom. The SMILES string of the molecule is COc1ccc(O)c(NC(=O)C(CN)OC)c1. The highest BCUT2D eigenvalue weighted by Crippen LogP contribution is 2.27. The van der Waals surface area contributed by atoms with E-state index in [1.165, 1.54) is 26.4 Å². The van der Waals surface area contributed by atoms with Crippen LogP contribution in [0.5, 0.6) is 11.5 Å². The van der Waals surface area contributed by atoms with Crippen molar-refractivity contribution in [3.8, 4) is 11.5 Å². The van der Waals surface area contributed by atoms with Crippen molar-refractivity contribution in [2.75, 3.05) is 26.1 Å². The van der Waals surface area contributed by atoms with Crippen molar-refractivity contribution in [2.45, 2.75) is 6.10 Å². The Labute approximate surface area is 99.3 Å². The molecule has 0 aliphatic carbocycles. The molecule has 1 amide bonds. The van der Waals surface area contributed by atoms with E-state index < -0.39 is 12.0 Å². The minimum atomic E-state index is -0.749. The highest BCUT2D eigenvalue weighted by molar-refractivity contribution is 5.95. The molecule has 17 heavy (non-hydrogen) atoms. The molecule has 0 saturated heterocycles. The number of phenolic OH excluding ortho intramolecular Hbond substituents is 1. The maximum absolute atomic E-state index is 11.7. The van der Waals surface area contributed by atoms with Crippen LogP contribution >= 0.6 is 0 Å². The maximum atomic E-state index is 11.7. The third kappa shape index (κ3) is 3.33. The molecule has 4 N–H and O–H groups in total. The standard InChI is InChI=1S/C11H16N2O4/c1-16-7-3-4-9(14)8(5-7)13-11(15)10(6-12)17-2/h3-5,10,14H,6,12H2,1-2H3,(H,13,15). The molecule has 1 unspecified atom stereocenters. The van der Waals surface area contributed by atoms with E-state index in [9.17, 15) is 9.90 Å². The molecule has 0 aromatic heterocycles. The van der Waals surface area contributed by atoms with Crippen LogP contribution in [0.2, 0.25) is 0 Å². The number of methoxy groups -OCH3 is 2. The summed E-state index contributed by atoms with van der Waals surface area (Å²) in [5.41, 5.74) is 5.61.